The molecule has 5 heteroatoms. The van der Waals surface area contributed by atoms with Crippen LogP contribution in [-0.2, 0) is 6.54 Å². The molecule has 0 spiro atoms. The van der Waals surface area contributed by atoms with Gasteiger partial charge in [-0.2, -0.15) is 0 Å². The highest BCUT2D eigenvalue weighted by molar-refractivity contribution is 7.99. The van der Waals surface area contributed by atoms with Crippen molar-refractivity contribution in [2.75, 3.05) is 26.2 Å². The first kappa shape index (κ1) is 19.7. The predicted molar refractivity (Wildman–Crippen MR) is 115 cm³/mol. The first-order valence-electron chi connectivity index (χ1n) is 10.6. The maximum Gasteiger partial charge on any atom is 0.116 e. The van der Waals surface area contributed by atoms with Gasteiger partial charge in [0.25, 0.3) is 0 Å². The monoisotopic (exact) mass is 397 g/mol. The summed E-state index contributed by atoms with van der Waals surface area (Å²) in [5.74, 6) is 0.296. The van der Waals surface area contributed by atoms with Crippen molar-refractivity contribution in [2.24, 2.45) is 0 Å². The average Bonchev–Trinajstić information content (AvgIpc) is 3.00. The molecule has 1 saturated heterocycles. The number of phenols is 1. The Hall–Kier alpha value is -1.56. The summed E-state index contributed by atoms with van der Waals surface area (Å²) in [5, 5.41) is 10.6. The molecule has 0 amide bonds. The highest BCUT2D eigenvalue weighted by atomic mass is 32.2. The summed E-state index contributed by atoms with van der Waals surface area (Å²) in [6.07, 6.45) is 10.5. The van der Waals surface area contributed by atoms with Crippen molar-refractivity contribution in [3.8, 4) is 5.75 Å². The van der Waals surface area contributed by atoms with E-state index in [1.54, 1.807) is 23.9 Å². The highest BCUT2D eigenvalue weighted by Crippen LogP contribution is 2.28. The molecule has 1 aromatic carbocycles. The van der Waals surface area contributed by atoms with Gasteiger partial charge in [0.15, 0.2) is 0 Å². The maximum absolute atomic E-state index is 9.59. The van der Waals surface area contributed by atoms with Crippen LogP contribution in [-0.4, -0.2) is 52.1 Å². The molecule has 1 saturated carbocycles. The van der Waals surface area contributed by atoms with Gasteiger partial charge >= 0.3 is 0 Å². The average molecular weight is 398 g/mol. The van der Waals surface area contributed by atoms with E-state index in [0.717, 1.165) is 35.6 Å². The summed E-state index contributed by atoms with van der Waals surface area (Å²) in [4.78, 5) is 10.9. The molecular formula is C23H31N3OS. The summed E-state index contributed by atoms with van der Waals surface area (Å²) in [6, 6.07) is 12.4. The smallest absolute Gasteiger partial charge is 0.116 e. The Morgan fingerprint density at radius 1 is 0.964 bits per heavy atom. The van der Waals surface area contributed by atoms with Crippen LogP contribution in [0.3, 0.4) is 0 Å². The van der Waals surface area contributed by atoms with Crippen LogP contribution < -0.4 is 0 Å². The number of benzene rings is 1. The molecule has 1 aromatic heterocycles. The van der Waals surface area contributed by atoms with Crippen molar-refractivity contribution in [1.29, 1.82) is 0 Å². The standard InChI is InChI=1S/C23H31N3OS/c27-21-8-5-9-22(16-21)28-23-11-10-19(17-24-23)18-25-12-14-26(15-13-25)20-6-3-1-2-4-7-20/h5,8-11,16-17,20,27H,1-4,6-7,12-15,18H2. The zero-order chi connectivity index (χ0) is 19.2. The summed E-state index contributed by atoms with van der Waals surface area (Å²) in [5.41, 5.74) is 1.28. The molecular weight excluding hydrogens is 366 g/mol. The lowest BCUT2D eigenvalue weighted by Gasteiger charge is -2.39. The largest absolute Gasteiger partial charge is 0.508 e. The fraction of sp³-hybridized carbons (Fsp3) is 0.522. The highest BCUT2D eigenvalue weighted by Gasteiger charge is 2.24. The van der Waals surface area contributed by atoms with Crippen molar-refractivity contribution in [3.05, 3.63) is 48.2 Å². The van der Waals surface area contributed by atoms with Crippen LogP contribution in [0.25, 0.3) is 0 Å². The van der Waals surface area contributed by atoms with Gasteiger partial charge in [0.05, 0.1) is 0 Å². The zero-order valence-corrected chi connectivity index (χ0v) is 17.4. The molecule has 1 aliphatic heterocycles. The van der Waals surface area contributed by atoms with Crippen molar-refractivity contribution >= 4 is 11.8 Å². The lowest BCUT2D eigenvalue weighted by Crippen LogP contribution is -2.49. The van der Waals surface area contributed by atoms with Crippen molar-refractivity contribution in [2.45, 2.75) is 61.0 Å². The third-order valence-corrected chi connectivity index (χ3v) is 6.93. The Balaban J connectivity index is 1.26. The predicted octanol–water partition coefficient (Wildman–Crippen LogP) is 4.78. The Morgan fingerprint density at radius 2 is 1.75 bits per heavy atom. The van der Waals surface area contributed by atoms with E-state index in [1.807, 2.05) is 18.3 Å². The van der Waals surface area contributed by atoms with Crippen LogP contribution in [0.15, 0.2) is 52.5 Å². The van der Waals surface area contributed by atoms with E-state index in [4.69, 9.17) is 0 Å². The van der Waals surface area contributed by atoms with Gasteiger partial charge in [-0.3, -0.25) is 9.80 Å². The third-order valence-electron chi connectivity index (χ3n) is 5.99. The van der Waals surface area contributed by atoms with Gasteiger partial charge in [-0.15, -0.1) is 0 Å². The third kappa shape index (κ3) is 5.49. The molecule has 0 bridgehead atoms. The minimum atomic E-state index is 0.296. The molecule has 0 atom stereocenters. The van der Waals surface area contributed by atoms with Crippen LogP contribution in [0.2, 0.25) is 0 Å². The number of aromatic hydroxyl groups is 1. The van der Waals surface area contributed by atoms with E-state index in [-0.39, 0.29) is 0 Å². The van der Waals surface area contributed by atoms with E-state index in [1.165, 1.54) is 57.2 Å². The Bertz CT molecular complexity index is 736. The van der Waals surface area contributed by atoms with Gasteiger partial charge in [-0.25, -0.2) is 4.98 Å². The Kier molecular flexibility index (Phi) is 6.89. The molecule has 4 nitrogen and oxygen atoms in total. The van der Waals surface area contributed by atoms with Crippen LogP contribution in [0.1, 0.15) is 44.1 Å². The fourth-order valence-corrected chi connectivity index (χ4v) is 5.21. The number of nitrogens with zero attached hydrogens (tertiary/aromatic N) is 3. The first-order valence-corrected chi connectivity index (χ1v) is 11.5. The molecule has 1 N–H and O–H groups in total. The van der Waals surface area contributed by atoms with Crippen LogP contribution in [0.4, 0.5) is 0 Å². The van der Waals surface area contributed by atoms with Gasteiger partial charge < -0.3 is 5.11 Å². The number of pyridine rings is 1. The molecule has 0 radical (unpaired) electrons. The number of aromatic nitrogens is 1. The zero-order valence-electron chi connectivity index (χ0n) is 16.6. The van der Waals surface area contributed by atoms with Gasteiger partial charge in [-0.1, -0.05) is 49.6 Å². The number of hydrogen-bond donors (Lipinski definition) is 1. The molecule has 2 aromatic rings. The molecule has 150 valence electrons. The van der Waals surface area contributed by atoms with Crippen LogP contribution in [0, 0.1) is 0 Å². The second-order valence-corrected chi connectivity index (χ2v) is 9.16. The van der Waals surface area contributed by atoms with E-state index in [2.05, 4.69) is 26.9 Å². The number of piperazine rings is 1. The Morgan fingerprint density at radius 3 is 2.43 bits per heavy atom. The molecule has 1 aliphatic carbocycles. The van der Waals surface area contributed by atoms with E-state index in [0.29, 0.717) is 5.75 Å². The van der Waals surface area contributed by atoms with Gasteiger partial charge in [0.2, 0.25) is 0 Å². The summed E-state index contributed by atoms with van der Waals surface area (Å²) in [6.45, 7) is 5.74. The second kappa shape index (κ2) is 9.77. The van der Waals surface area contributed by atoms with E-state index in [9.17, 15) is 5.11 Å². The van der Waals surface area contributed by atoms with E-state index >= 15 is 0 Å². The molecule has 4 rings (SSSR count). The Labute approximate surface area is 173 Å². The minimum absolute atomic E-state index is 0.296. The second-order valence-electron chi connectivity index (χ2n) is 8.06. The number of phenolic OH excluding ortho intramolecular Hbond substituents is 1. The quantitative estimate of drug-likeness (QED) is 0.735. The first-order chi connectivity index (χ1) is 13.8. The minimum Gasteiger partial charge on any atom is -0.508 e. The molecule has 2 aliphatic rings. The van der Waals surface area contributed by atoms with Crippen LogP contribution in [0.5, 0.6) is 5.75 Å². The number of rotatable bonds is 5. The van der Waals surface area contributed by atoms with E-state index < -0.39 is 0 Å². The fourth-order valence-electron chi connectivity index (χ4n) is 4.40. The molecule has 2 heterocycles. The molecule has 2 fully saturated rings. The summed E-state index contributed by atoms with van der Waals surface area (Å²) in [7, 11) is 0. The van der Waals surface area contributed by atoms with Gasteiger partial charge in [0, 0.05) is 49.9 Å². The molecule has 28 heavy (non-hydrogen) atoms. The SMILES string of the molecule is Oc1cccc(Sc2ccc(CN3CCN(C4CCCCCC4)CC3)cn2)c1. The van der Waals surface area contributed by atoms with Gasteiger partial charge in [-0.05, 0) is 42.7 Å². The van der Waals surface area contributed by atoms with Crippen molar-refractivity contribution < 1.29 is 5.11 Å². The van der Waals surface area contributed by atoms with Crippen LogP contribution >= 0.6 is 11.8 Å². The molecule has 0 unspecified atom stereocenters. The van der Waals surface area contributed by atoms with Crippen molar-refractivity contribution in [1.82, 2.24) is 14.8 Å². The lowest BCUT2D eigenvalue weighted by molar-refractivity contribution is 0.0850. The maximum atomic E-state index is 9.59. The normalized spacial score (nSPS) is 20.1. The summed E-state index contributed by atoms with van der Waals surface area (Å²) < 4.78 is 0. The lowest BCUT2D eigenvalue weighted by atomic mass is 10.1. The summed E-state index contributed by atoms with van der Waals surface area (Å²) >= 11 is 1.58. The number of hydrogen-bond acceptors (Lipinski definition) is 5. The van der Waals surface area contributed by atoms with Gasteiger partial charge in [0.1, 0.15) is 10.8 Å². The topological polar surface area (TPSA) is 39.6 Å². The van der Waals surface area contributed by atoms with Crippen molar-refractivity contribution in [3.63, 3.8) is 0 Å².